The zero-order chi connectivity index (χ0) is 24.6. The second kappa shape index (κ2) is 11.4. The zero-order valence-corrected chi connectivity index (χ0v) is 20.2. The first-order chi connectivity index (χ1) is 17.0. The maximum atomic E-state index is 12.1. The Balaban J connectivity index is 1.71. The molecule has 0 saturated carbocycles. The van der Waals surface area contributed by atoms with Crippen molar-refractivity contribution < 1.29 is 23.5 Å². The molecule has 1 heterocycles. The van der Waals surface area contributed by atoms with Gasteiger partial charge in [-0.25, -0.2) is 4.79 Å². The summed E-state index contributed by atoms with van der Waals surface area (Å²) < 4.78 is 22.8. The Hall–Kier alpha value is -4.06. The molecule has 6 heteroatoms. The summed E-state index contributed by atoms with van der Waals surface area (Å²) in [6.07, 6.45) is 0. The van der Waals surface area contributed by atoms with Crippen molar-refractivity contribution in [1.82, 2.24) is 5.16 Å². The fourth-order valence-electron chi connectivity index (χ4n) is 3.64. The molecule has 0 radical (unpaired) electrons. The fourth-order valence-corrected chi connectivity index (χ4v) is 3.64. The van der Waals surface area contributed by atoms with Crippen LogP contribution in [-0.2, 0) is 18.0 Å². The van der Waals surface area contributed by atoms with Crippen LogP contribution in [0.2, 0.25) is 0 Å². The predicted octanol–water partition coefficient (Wildman–Crippen LogP) is 6.80. The molecule has 1 aromatic heterocycles. The number of nitrogens with zero attached hydrogens (tertiary/aromatic N) is 1. The lowest BCUT2D eigenvalue weighted by molar-refractivity contribution is 0.0479. The Morgan fingerprint density at radius 1 is 0.857 bits per heavy atom. The number of benzene rings is 3. The highest BCUT2D eigenvalue weighted by atomic mass is 16.6. The maximum Gasteiger partial charge on any atom is 0.377 e. The van der Waals surface area contributed by atoms with Gasteiger partial charge in [-0.2, -0.15) is 0 Å². The predicted molar refractivity (Wildman–Crippen MR) is 134 cm³/mol. The van der Waals surface area contributed by atoms with Gasteiger partial charge in [-0.1, -0.05) is 79.7 Å². The van der Waals surface area contributed by atoms with Gasteiger partial charge in [0.05, 0.1) is 6.61 Å². The highest BCUT2D eigenvalue weighted by molar-refractivity contribution is 5.88. The molecule has 0 spiro atoms. The van der Waals surface area contributed by atoms with E-state index >= 15 is 0 Å². The number of esters is 1. The van der Waals surface area contributed by atoms with Gasteiger partial charge in [0, 0.05) is 17.7 Å². The van der Waals surface area contributed by atoms with Gasteiger partial charge in [-0.15, -0.1) is 0 Å². The summed E-state index contributed by atoms with van der Waals surface area (Å²) in [4.78, 5) is 12.1. The van der Waals surface area contributed by atoms with E-state index in [1.165, 1.54) is 0 Å². The first-order valence-electron chi connectivity index (χ1n) is 11.7. The molecule has 0 aliphatic heterocycles. The molecule has 0 N–H and O–H groups in total. The molecule has 0 saturated heterocycles. The van der Waals surface area contributed by atoms with Crippen molar-refractivity contribution in [3.8, 4) is 22.8 Å². The lowest BCUT2D eigenvalue weighted by Gasteiger charge is -2.19. The van der Waals surface area contributed by atoms with Crippen LogP contribution in [0.3, 0.4) is 0 Å². The molecular weight excluding hydrogens is 442 g/mol. The fraction of sp³-hybridized carbons (Fsp3) is 0.241. The molecule has 0 bridgehead atoms. The summed E-state index contributed by atoms with van der Waals surface area (Å²) >= 11 is 0. The number of ether oxygens (including phenoxy) is 3. The number of rotatable bonds is 10. The second-order valence-electron chi connectivity index (χ2n) is 8.39. The number of hydrogen-bond acceptors (Lipinski definition) is 6. The Kier molecular flexibility index (Phi) is 7.83. The summed E-state index contributed by atoms with van der Waals surface area (Å²) in [5.41, 5.74) is 4.33. The molecule has 4 aromatic rings. The SMILES string of the molecule is CCOC(=O)c1cc(-c2cc(C(C)C)c(OCc3ccccc3)cc2OCc2ccccc2)no1. The minimum atomic E-state index is -0.551. The first kappa shape index (κ1) is 24.1. The smallest absolute Gasteiger partial charge is 0.377 e. The topological polar surface area (TPSA) is 70.8 Å². The highest BCUT2D eigenvalue weighted by Gasteiger charge is 2.21. The molecule has 35 heavy (non-hydrogen) atoms. The van der Waals surface area contributed by atoms with Gasteiger partial charge in [-0.05, 0) is 35.6 Å². The minimum absolute atomic E-state index is 0.0476. The van der Waals surface area contributed by atoms with Crippen LogP contribution >= 0.6 is 0 Å². The minimum Gasteiger partial charge on any atom is -0.488 e. The Bertz CT molecular complexity index is 1250. The van der Waals surface area contributed by atoms with Crippen molar-refractivity contribution in [2.24, 2.45) is 0 Å². The largest absolute Gasteiger partial charge is 0.488 e. The summed E-state index contributed by atoms with van der Waals surface area (Å²) in [6, 6.07) is 25.4. The van der Waals surface area contributed by atoms with E-state index < -0.39 is 5.97 Å². The van der Waals surface area contributed by atoms with Crippen LogP contribution in [0.4, 0.5) is 0 Å². The van der Waals surface area contributed by atoms with Crippen molar-refractivity contribution in [2.75, 3.05) is 6.61 Å². The molecule has 180 valence electrons. The zero-order valence-electron chi connectivity index (χ0n) is 20.2. The molecule has 0 fully saturated rings. The third-order valence-corrected chi connectivity index (χ3v) is 5.47. The Morgan fingerprint density at radius 3 is 2.03 bits per heavy atom. The van der Waals surface area contributed by atoms with Crippen LogP contribution in [0.15, 0.2) is 83.4 Å². The van der Waals surface area contributed by atoms with Crippen LogP contribution in [-0.4, -0.2) is 17.7 Å². The van der Waals surface area contributed by atoms with Gasteiger partial charge < -0.3 is 18.7 Å². The van der Waals surface area contributed by atoms with E-state index in [4.69, 9.17) is 18.7 Å². The molecule has 6 nitrogen and oxygen atoms in total. The van der Waals surface area contributed by atoms with E-state index in [1.54, 1.807) is 13.0 Å². The molecule has 3 aromatic carbocycles. The van der Waals surface area contributed by atoms with Gasteiger partial charge in [0.15, 0.2) is 0 Å². The normalized spacial score (nSPS) is 10.9. The van der Waals surface area contributed by atoms with Crippen molar-refractivity contribution in [2.45, 2.75) is 39.9 Å². The Labute approximate surface area is 205 Å². The summed E-state index contributed by atoms with van der Waals surface area (Å²) in [6.45, 7) is 7.02. The summed E-state index contributed by atoms with van der Waals surface area (Å²) in [5.74, 6) is 1.00. The van der Waals surface area contributed by atoms with Crippen LogP contribution in [0, 0.1) is 0 Å². The van der Waals surface area contributed by atoms with Crippen molar-refractivity contribution >= 4 is 5.97 Å². The van der Waals surface area contributed by atoms with E-state index in [2.05, 4.69) is 19.0 Å². The van der Waals surface area contributed by atoms with Crippen molar-refractivity contribution in [1.29, 1.82) is 0 Å². The third-order valence-electron chi connectivity index (χ3n) is 5.47. The average Bonchev–Trinajstić information content (AvgIpc) is 3.37. The molecule has 0 aliphatic rings. The number of carbonyl (C=O) groups excluding carboxylic acids is 1. The van der Waals surface area contributed by atoms with Gasteiger partial charge >= 0.3 is 5.97 Å². The molecular formula is C29H29NO5. The van der Waals surface area contributed by atoms with Gasteiger partial charge in [-0.3, -0.25) is 0 Å². The monoisotopic (exact) mass is 471 g/mol. The average molecular weight is 472 g/mol. The standard InChI is InChI=1S/C29H29NO5/c1-4-32-29(31)28-16-25(30-35-28)24-15-23(20(2)3)26(33-18-21-11-7-5-8-12-21)17-27(24)34-19-22-13-9-6-10-14-22/h5-17,20H,4,18-19H2,1-3H3. The van der Waals surface area contributed by atoms with Gasteiger partial charge in [0.25, 0.3) is 0 Å². The van der Waals surface area contributed by atoms with E-state index in [9.17, 15) is 4.79 Å². The second-order valence-corrected chi connectivity index (χ2v) is 8.39. The molecule has 4 rings (SSSR count). The Morgan fingerprint density at radius 2 is 1.46 bits per heavy atom. The molecule has 0 amide bonds. The van der Waals surface area contributed by atoms with E-state index in [0.29, 0.717) is 24.7 Å². The molecule has 0 aliphatic carbocycles. The molecule has 0 unspecified atom stereocenters. The highest BCUT2D eigenvalue weighted by Crippen LogP contribution is 2.39. The third kappa shape index (κ3) is 6.09. The van der Waals surface area contributed by atoms with Crippen LogP contribution in [0.25, 0.3) is 11.3 Å². The number of carbonyl (C=O) groups is 1. The van der Waals surface area contributed by atoms with Gasteiger partial charge in [0.1, 0.15) is 30.4 Å². The van der Waals surface area contributed by atoms with Crippen molar-refractivity contribution in [3.63, 3.8) is 0 Å². The van der Waals surface area contributed by atoms with E-state index in [-0.39, 0.29) is 18.3 Å². The summed E-state index contributed by atoms with van der Waals surface area (Å²) in [5, 5.41) is 4.13. The first-order valence-corrected chi connectivity index (χ1v) is 11.7. The lowest BCUT2D eigenvalue weighted by atomic mass is 9.97. The van der Waals surface area contributed by atoms with E-state index in [1.807, 2.05) is 72.8 Å². The van der Waals surface area contributed by atoms with Crippen molar-refractivity contribution in [3.05, 3.63) is 101 Å². The van der Waals surface area contributed by atoms with Gasteiger partial charge in [0.2, 0.25) is 5.76 Å². The lowest BCUT2D eigenvalue weighted by Crippen LogP contribution is -2.04. The molecule has 0 atom stereocenters. The van der Waals surface area contributed by atoms with E-state index in [0.717, 1.165) is 28.0 Å². The van der Waals surface area contributed by atoms with Crippen LogP contribution in [0.5, 0.6) is 11.5 Å². The number of hydrogen-bond donors (Lipinski definition) is 0. The quantitative estimate of drug-likeness (QED) is 0.237. The maximum absolute atomic E-state index is 12.1. The van der Waals surface area contributed by atoms with Crippen LogP contribution < -0.4 is 9.47 Å². The van der Waals surface area contributed by atoms with Crippen LogP contribution in [0.1, 0.15) is 53.9 Å². The number of aromatic nitrogens is 1. The summed E-state index contributed by atoms with van der Waals surface area (Å²) in [7, 11) is 0.